The molecule has 0 aliphatic rings. The molecule has 0 atom stereocenters. The summed E-state index contributed by atoms with van der Waals surface area (Å²) >= 11 is 0. The molecule has 4 nitrogen and oxygen atoms in total. The maximum Gasteiger partial charge on any atom is 0.240 e. The van der Waals surface area contributed by atoms with Gasteiger partial charge in [-0.3, -0.25) is 0 Å². The molecule has 0 saturated carbocycles. The molecular formula is C17H22N2O2. The molecule has 0 fully saturated rings. The molecule has 1 aromatic carbocycles. The second-order valence-electron chi connectivity index (χ2n) is 5.47. The second kappa shape index (κ2) is 6.04. The van der Waals surface area contributed by atoms with Crippen molar-refractivity contribution in [2.75, 3.05) is 5.73 Å². The fraction of sp³-hybridized carbons (Fsp3) is 0.353. The van der Waals surface area contributed by atoms with E-state index in [1.165, 1.54) is 5.56 Å². The summed E-state index contributed by atoms with van der Waals surface area (Å²) in [7, 11) is 0. The van der Waals surface area contributed by atoms with Gasteiger partial charge in [-0.05, 0) is 57.4 Å². The number of nitrogens with zero attached hydrogens (tertiary/aromatic N) is 1. The lowest BCUT2D eigenvalue weighted by atomic mass is 10.1. The lowest BCUT2D eigenvalue weighted by Crippen LogP contribution is -2.09. The van der Waals surface area contributed by atoms with Crippen molar-refractivity contribution in [1.82, 2.24) is 4.98 Å². The molecule has 0 unspecified atom stereocenters. The fourth-order valence-electron chi connectivity index (χ4n) is 2.00. The molecule has 0 spiro atoms. The number of hydrogen-bond donors (Lipinski definition) is 1. The predicted octanol–water partition coefficient (Wildman–Crippen LogP) is 4.17. The van der Waals surface area contributed by atoms with Crippen molar-refractivity contribution in [3.05, 3.63) is 41.0 Å². The van der Waals surface area contributed by atoms with Crippen molar-refractivity contribution in [3.8, 4) is 17.5 Å². The van der Waals surface area contributed by atoms with E-state index in [0.29, 0.717) is 17.4 Å². The first kappa shape index (κ1) is 15.2. The van der Waals surface area contributed by atoms with Crippen molar-refractivity contribution in [3.63, 3.8) is 0 Å². The molecule has 0 aliphatic heterocycles. The highest BCUT2D eigenvalue weighted by atomic mass is 16.5. The first-order chi connectivity index (χ1) is 9.88. The molecule has 0 radical (unpaired) electrons. The number of anilines is 1. The number of rotatable bonds is 4. The van der Waals surface area contributed by atoms with Gasteiger partial charge in [0.25, 0.3) is 0 Å². The molecule has 0 aliphatic carbocycles. The zero-order valence-electron chi connectivity index (χ0n) is 13.2. The average molecular weight is 286 g/mol. The molecule has 0 amide bonds. The molecule has 112 valence electrons. The molecule has 4 heteroatoms. The third kappa shape index (κ3) is 3.45. The van der Waals surface area contributed by atoms with E-state index in [2.05, 4.69) is 18.0 Å². The Morgan fingerprint density at radius 2 is 1.67 bits per heavy atom. The van der Waals surface area contributed by atoms with Gasteiger partial charge in [-0.25, -0.2) is 0 Å². The quantitative estimate of drug-likeness (QED) is 0.916. The van der Waals surface area contributed by atoms with E-state index < -0.39 is 0 Å². The monoisotopic (exact) mass is 286 g/mol. The van der Waals surface area contributed by atoms with Crippen molar-refractivity contribution in [2.24, 2.45) is 0 Å². The minimum atomic E-state index is 0.0116. The summed E-state index contributed by atoms with van der Waals surface area (Å²) in [6.45, 7) is 9.99. The highest BCUT2D eigenvalue weighted by Crippen LogP contribution is 2.32. The molecule has 2 N–H and O–H groups in total. The highest BCUT2D eigenvalue weighted by Gasteiger charge is 2.11. The number of nitrogens with two attached hydrogens (primary N) is 1. The molecule has 1 heterocycles. The number of hydrogen-bond acceptors (Lipinski definition) is 4. The number of ether oxygens (including phenoxy) is 2. The van der Waals surface area contributed by atoms with Crippen LogP contribution in [0.15, 0.2) is 24.3 Å². The smallest absolute Gasteiger partial charge is 0.240 e. The predicted molar refractivity (Wildman–Crippen MR) is 85.1 cm³/mol. The Kier molecular flexibility index (Phi) is 4.36. The first-order valence-corrected chi connectivity index (χ1v) is 7.06. The zero-order chi connectivity index (χ0) is 15.6. The van der Waals surface area contributed by atoms with E-state index in [-0.39, 0.29) is 6.10 Å². The van der Waals surface area contributed by atoms with Gasteiger partial charge in [-0.15, -0.1) is 0 Å². The van der Waals surface area contributed by atoms with Crippen molar-refractivity contribution >= 4 is 5.69 Å². The minimum absolute atomic E-state index is 0.0116. The van der Waals surface area contributed by atoms with E-state index in [0.717, 1.165) is 16.9 Å². The van der Waals surface area contributed by atoms with Crippen molar-refractivity contribution < 1.29 is 9.47 Å². The summed E-state index contributed by atoms with van der Waals surface area (Å²) in [5, 5.41) is 0. The molecule has 0 saturated heterocycles. The van der Waals surface area contributed by atoms with Crippen LogP contribution in [-0.4, -0.2) is 11.1 Å². The van der Waals surface area contributed by atoms with E-state index >= 15 is 0 Å². The third-order valence-electron chi connectivity index (χ3n) is 3.29. The molecule has 1 aromatic heterocycles. The Bertz CT molecular complexity index is 651. The van der Waals surface area contributed by atoms with Crippen LogP contribution in [0.3, 0.4) is 0 Å². The Morgan fingerprint density at radius 3 is 2.33 bits per heavy atom. The lowest BCUT2D eigenvalue weighted by Gasteiger charge is -2.15. The van der Waals surface area contributed by atoms with Crippen LogP contribution in [0.5, 0.6) is 17.5 Å². The van der Waals surface area contributed by atoms with Gasteiger partial charge in [0.2, 0.25) is 11.8 Å². The summed E-state index contributed by atoms with van der Waals surface area (Å²) in [6, 6.07) is 7.63. The SMILES string of the molecule is Cc1ccc(C)c(Oc2ccc(N)c(OC(C)C)n2)c1C. The number of benzene rings is 1. The third-order valence-corrected chi connectivity index (χ3v) is 3.29. The van der Waals surface area contributed by atoms with Crippen molar-refractivity contribution in [1.29, 1.82) is 0 Å². The summed E-state index contributed by atoms with van der Waals surface area (Å²) in [4.78, 5) is 4.35. The van der Waals surface area contributed by atoms with E-state index in [1.807, 2.05) is 33.8 Å². The minimum Gasteiger partial charge on any atom is -0.473 e. The molecular weight excluding hydrogens is 264 g/mol. The lowest BCUT2D eigenvalue weighted by molar-refractivity contribution is 0.232. The second-order valence-corrected chi connectivity index (χ2v) is 5.47. The Labute approximate surface area is 125 Å². The summed E-state index contributed by atoms with van der Waals surface area (Å²) in [6.07, 6.45) is 0.0116. The van der Waals surface area contributed by atoms with Gasteiger partial charge in [0.05, 0.1) is 11.8 Å². The van der Waals surface area contributed by atoms with Crippen LogP contribution in [0.2, 0.25) is 0 Å². The molecule has 0 bridgehead atoms. The summed E-state index contributed by atoms with van der Waals surface area (Å²) in [5.74, 6) is 1.73. The van der Waals surface area contributed by atoms with Crippen molar-refractivity contribution in [2.45, 2.75) is 40.7 Å². The van der Waals surface area contributed by atoms with Gasteiger partial charge in [0.15, 0.2) is 0 Å². The van der Waals surface area contributed by atoms with Crippen LogP contribution in [0.25, 0.3) is 0 Å². The Hall–Kier alpha value is -2.23. The maximum absolute atomic E-state index is 5.95. The van der Waals surface area contributed by atoms with Gasteiger partial charge in [0.1, 0.15) is 5.75 Å². The van der Waals surface area contributed by atoms with E-state index in [4.69, 9.17) is 15.2 Å². The zero-order valence-corrected chi connectivity index (χ0v) is 13.2. The van der Waals surface area contributed by atoms with Crippen LogP contribution in [0.1, 0.15) is 30.5 Å². The normalized spacial score (nSPS) is 10.8. The van der Waals surface area contributed by atoms with Crippen LogP contribution < -0.4 is 15.2 Å². The number of aromatic nitrogens is 1. The summed E-state index contributed by atoms with van der Waals surface area (Å²) < 4.78 is 11.5. The number of pyridine rings is 1. The van der Waals surface area contributed by atoms with Gasteiger partial charge in [0, 0.05) is 6.07 Å². The Morgan fingerprint density at radius 1 is 1.00 bits per heavy atom. The Balaban J connectivity index is 2.34. The van der Waals surface area contributed by atoms with E-state index in [9.17, 15) is 0 Å². The van der Waals surface area contributed by atoms with Crippen LogP contribution in [0, 0.1) is 20.8 Å². The van der Waals surface area contributed by atoms with E-state index in [1.54, 1.807) is 12.1 Å². The van der Waals surface area contributed by atoms with Crippen LogP contribution in [0.4, 0.5) is 5.69 Å². The summed E-state index contributed by atoms with van der Waals surface area (Å²) in [5.41, 5.74) is 9.75. The van der Waals surface area contributed by atoms with Gasteiger partial charge in [-0.2, -0.15) is 4.98 Å². The van der Waals surface area contributed by atoms with Crippen LogP contribution in [-0.2, 0) is 0 Å². The van der Waals surface area contributed by atoms with Gasteiger partial charge in [-0.1, -0.05) is 12.1 Å². The highest BCUT2D eigenvalue weighted by molar-refractivity contribution is 5.51. The average Bonchev–Trinajstić information content (AvgIpc) is 2.42. The van der Waals surface area contributed by atoms with Crippen LogP contribution >= 0.6 is 0 Å². The maximum atomic E-state index is 5.95. The fourth-order valence-corrected chi connectivity index (χ4v) is 2.00. The standard InChI is InChI=1S/C17H22N2O2/c1-10(2)20-17-14(18)8-9-15(19-17)21-16-12(4)7-6-11(3)13(16)5/h6-10H,18H2,1-5H3. The van der Waals surface area contributed by atoms with Gasteiger partial charge < -0.3 is 15.2 Å². The van der Waals surface area contributed by atoms with Gasteiger partial charge >= 0.3 is 0 Å². The first-order valence-electron chi connectivity index (χ1n) is 7.06. The molecule has 21 heavy (non-hydrogen) atoms. The number of aryl methyl sites for hydroxylation is 2. The molecule has 2 aromatic rings. The molecule has 2 rings (SSSR count). The number of nitrogen functional groups attached to an aromatic ring is 1. The topological polar surface area (TPSA) is 57.4 Å². The largest absolute Gasteiger partial charge is 0.473 e.